The molecule has 142 valence electrons. The fraction of sp³-hybridized carbons (Fsp3) is 0.682. The molecule has 0 N–H and O–H groups in total. The maximum Gasteiger partial charge on any atom is 0.149 e. The Morgan fingerprint density at radius 2 is 1.40 bits per heavy atom. The molecule has 1 rings (SSSR count). The number of hydrogen-bond acceptors (Lipinski definition) is 2. The quantitative estimate of drug-likeness (QED) is 0.361. The molecule has 0 aliphatic heterocycles. The third kappa shape index (κ3) is 7.19. The van der Waals surface area contributed by atoms with Crippen LogP contribution in [0.3, 0.4) is 0 Å². The fourth-order valence-electron chi connectivity index (χ4n) is 3.65. The molecular weight excluding hydrogens is 310 g/mol. The monoisotopic (exact) mass is 347 g/mol. The number of carbonyl (C=O) groups is 1. The molecule has 0 heterocycles. The lowest BCUT2D eigenvalue weighted by molar-refractivity contribution is -0.929. The molecule has 3 nitrogen and oxygen atoms in total. The number of rotatable bonds is 14. The van der Waals surface area contributed by atoms with E-state index in [4.69, 9.17) is 0 Å². The summed E-state index contributed by atoms with van der Waals surface area (Å²) >= 11 is 0. The minimum Gasteiger partial charge on any atom is -0.872 e. The zero-order valence-corrected chi connectivity index (χ0v) is 16.6. The van der Waals surface area contributed by atoms with Crippen molar-refractivity contribution in [2.45, 2.75) is 72.1 Å². The average molecular weight is 348 g/mol. The van der Waals surface area contributed by atoms with Crippen molar-refractivity contribution in [2.75, 3.05) is 26.2 Å². The summed E-state index contributed by atoms with van der Waals surface area (Å²) in [7, 11) is 0. The molecule has 0 atom stereocenters. The van der Waals surface area contributed by atoms with E-state index in [0.717, 1.165) is 24.9 Å². The Hall–Kier alpha value is -1.35. The Bertz CT molecular complexity index is 477. The SMILES string of the molecule is CCCC[N+](CCCC)(CCCC)CCCc1cccc(C=O)c1[O-]. The van der Waals surface area contributed by atoms with Gasteiger partial charge in [-0.3, -0.25) is 4.79 Å². The molecule has 0 saturated carbocycles. The summed E-state index contributed by atoms with van der Waals surface area (Å²) < 4.78 is 1.21. The highest BCUT2D eigenvalue weighted by atomic mass is 16.3. The van der Waals surface area contributed by atoms with Gasteiger partial charge in [0.2, 0.25) is 0 Å². The van der Waals surface area contributed by atoms with E-state index in [-0.39, 0.29) is 5.75 Å². The van der Waals surface area contributed by atoms with Gasteiger partial charge in [-0.05, 0) is 25.7 Å². The van der Waals surface area contributed by atoms with Crippen LogP contribution in [0.15, 0.2) is 18.2 Å². The lowest BCUT2D eigenvalue weighted by atomic mass is 10.0. The highest BCUT2D eigenvalue weighted by molar-refractivity contribution is 5.79. The summed E-state index contributed by atoms with van der Waals surface area (Å²) in [5.41, 5.74) is 1.09. The normalized spacial score (nSPS) is 11.6. The minimum atomic E-state index is -0.0775. The van der Waals surface area contributed by atoms with Crippen LogP contribution < -0.4 is 5.11 Å². The van der Waals surface area contributed by atoms with Crippen LogP contribution in [0.1, 0.15) is 81.6 Å². The van der Waals surface area contributed by atoms with Gasteiger partial charge in [-0.15, -0.1) is 0 Å². The first-order chi connectivity index (χ1) is 12.1. The van der Waals surface area contributed by atoms with Gasteiger partial charge in [0, 0.05) is 12.0 Å². The van der Waals surface area contributed by atoms with Gasteiger partial charge in [0.15, 0.2) is 0 Å². The van der Waals surface area contributed by atoms with Gasteiger partial charge in [0.05, 0.1) is 26.2 Å². The summed E-state index contributed by atoms with van der Waals surface area (Å²) in [6.45, 7) is 11.7. The van der Waals surface area contributed by atoms with E-state index in [9.17, 15) is 9.90 Å². The molecule has 0 radical (unpaired) electrons. The van der Waals surface area contributed by atoms with Gasteiger partial charge < -0.3 is 9.59 Å². The number of aldehydes is 1. The van der Waals surface area contributed by atoms with Crippen molar-refractivity contribution in [2.24, 2.45) is 0 Å². The maximum absolute atomic E-state index is 12.2. The Balaban J connectivity index is 2.76. The highest BCUT2D eigenvalue weighted by Crippen LogP contribution is 2.21. The molecule has 0 aliphatic carbocycles. The number of nitrogens with zero attached hydrogens (tertiary/aromatic N) is 1. The van der Waals surface area contributed by atoms with Gasteiger partial charge in [-0.1, -0.05) is 69.5 Å². The average Bonchev–Trinajstić information content (AvgIpc) is 2.64. The van der Waals surface area contributed by atoms with Gasteiger partial charge in [-0.2, -0.15) is 0 Å². The molecule has 0 aromatic heterocycles. The number of aryl methyl sites for hydroxylation is 1. The molecule has 25 heavy (non-hydrogen) atoms. The summed E-state index contributed by atoms with van der Waals surface area (Å²) in [4.78, 5) is 11.0. The first-order valence-corrected chi connectivity index (χ1v) is 10.2. The zero-order chi connectivity index (χ0) is 18.5. The standard InChI is InChI=1S/C22H37NO2/c1-4-7-15-23(16-8-5-2,17-9-6-3)18-11-14-20-12-10-13-21(19-24)22(20)25/h10,12-13,19H,4-9,11,14-18H2,1-3H3. The minimum absolute atomic E-state index is 0.0775. The Morgan fingerprint density at radius 3 is 1.88 bits per heavy atom. The summed E-state index contributed by atoms with van der Waals surface area (Å²) in [5, 5.41) is 12.2. The van der Waals surface area contributed by atoms with Crippen molar-refractivity contribution in [3.8, 4) is 5.75 Å². The lowest BCUT2D eigenvalue weighted by Crippen LogP contribution is -2.50. The van der Waals surface area contributed by atoms with Crippen LogP contribution in [-0.4, -0.2) is 36.9 Å². The molecule has 0 aliphatic rings. The number of unbranched alkanes of at least 4 members (excludes halogenated alkanes) is 3. The highest BCUT2D eigenvalue weighted by Gasteiger charge is 2.25. The lowest BCUT2D eigenvalue weighted by Gasteiger charge is -2.39. The molecule has 0 saturated heterocycles. The molecule has 0 amide bonds. The topological polar surface area (TPSA) is 40.1 Å². The molecular formula is C22H37NO2. The van der Waals surface area contributed by atoms with Crippen molar-refractivity contribution < 1.29 is 14.4 Å². The second-order valence-electron chi connectivity index (χ2n) is 7.35. The molecule has 0 unspecified atom stereocenters. The van der Waals surface area contributed by atoms with Crippen LogP contribution in [0.2, 0.25) is 0 Å². The Kier molecular flexibility index (Phi) is 10.5. The van der Waals surface area contributed by atoms with Crippen LogP contribution >= 0.6 is 0 Å². The number of quaternary nitrogens is 1. The van der Waals surface area contributed by atoms with Crippen molar-refractivity contribution in [3.05, 3.63) is 29.3 Å². The summed E-state index contributed by atoms with van der Waals surface area (Å²) in [5.74, 6) is -0.0775. The summed E-state index contributed by atoms with van der Waals surface area (Å²) in [6, 6.07) is 5.32. The zero-order valence-electron chi connectivity index (χ0n) is 16.6. The Labute approximate surface area is 154 Å². The van der Waals surface area contributed by atoms with Crippen LogP contribution in [0, 0.1) is 0 Å². The molecule has 0 fully saturated rings. The molecule has 0 spiro atoms. The van der Waals surface area contributed by atoms with Crippen LogP contribution in [0.25, 0.3) is 0 Å². The van der Waals surface area contributed by atoms with Crippen molar-refractivity contribution in [1.29, 1.82) is 0 Å². The van der Waals surface area contributed by atoms with Crippen LogP contribution in [0.5, 0.6) is 5.75 Å². The molecule has 0 bridgehead atoms. The van der Waals surface area contributed by atoms with E-state index < -0.39 is 0 Å². The second kappa shape index (κ2) is 12.1. The van der Waals surface area contributed by atoms with E-state index in [0.29, 0.717) is 11.8 Å². The van der Waals surface area contributed by atoms with Crippen molar-refractivity contribution in [1.82, 2.24) is 0 Å². The number of hydrogen-bond donors (Lipinski definition) is 0. The van der Waals surface area contributed by atoms with Crippen molar-refractivity contribution in [3.63, 3.8) is 0 Å². The predicted octanol–water partition coefficient (Wildman–Crippen LogP) is 4.72. The van der Waals surface area contributed by atoms with E-state index in [2.05, 4.69) is 20.8 Å². The van der Waals surface area contributed by atoms with Crippen LogP contribution in [0.4, 0.5) is 0 Å². The van der Waals surface area contributed by atoms with E-state index in [1.165, 1.54) is 62.6 Å². The van der Waals surface area contributed by atoms with Gasteiger partial charge in [0.1, 0.15) is 6.29 Å². The van der Waals surface area contributed by atoms with Crippen molar-refractivity contribution >= 4 is 6.29 Å². The van der Waals surface area contributed by atoms with Gasteiger partial charge >= 0.3 is 0 Å². The van der Waals surface area contributed by atoms with E-state index >= 15 is 0 Å². The predicted molar refractivity (Wildman–Crippen MR) is 104 cm³/mol. The molecule has 3 heteroatoms. The third-order valence-corrected chi connectivity index (χ3v) is 5.29. The fourth-order valence-corrected chi connectivity index (χ4v) is 3.65. The maximum atomic E-state index is 12.2. The van der Waals surface area contributed by atoms with E-state index in [1.807, 2.05) is 12.1 Å². The van der Waals surface area contributed by atoms with E-state index in [1.54, 1.807) is 6.07 Å². The first kappa shape index (κ1) is 21.7. The second-order valence-corrected chi connectivity index (χ2v) is 7.35. The largest absolute Gasteiger partial charge is 0.872 e. The molecule has 1 aromatic carbocycles. The third-order valence-electron chi connectivity index (χ3n) is 5.29. The number of para-hydroxylation sites is 1. The summed E-state index contributed by atoms with van der Waals surface area (Å²) in [6.07, 6.45) is 10.0. The smallest absolute Gasteiger partial charge is 0.149 e. The van der Waals surface area contributed by atoms with Crippen LogP contribution in [-0.2, 0) is 6.42 Å². The van der Waals surface area contributed by atoms with Gasteiger partial charge in [0.25, 0.3) is 0 Å². The number of benzene rings is 1. The number of carbonyl (C=O) groups excluding carboxylic acids is 1. The van der Waals surface area contributed by atoms with Gasteiger partial charge in [-0.25, -0.2) is 0 Å². The Morgan fingerprint density at radius 1 is 0.880 bits per heavy atom. The molecule has 1 aromatic rings. The first-order valence-electron chi connectivity index (χ1n) is 10.2.